The largest absolute Gasteiger partial charge is 0.444 e. The summed E-state index contributed by atoms with van der Waals surface area (Å²) in [6.45, 7) is 9.13. The van der Waals surface area contributed by atoms with Crippen LogP contribution in [0, 0.1) is 6.92 Å². The van der Waals surface area contributed by atoms with Crippen LogP contribution in [0.15, 0.2) is 24.3 Å². The molecule has 0 saturated heterocycles. The van der Waals surface area contributed by atoms with Gasteiger partial charge in [-0.3, -0.25) is 0 Å². The van der Waals surface area contributed by atoms with Crippen molar-refractivity contribution in [3.05, 3.63) is 35.4 Å². The van der Waals surface area contributed by atoms with Gasteiger partial charge in [-0.25, -0.2) is 4.79 Å². The van der Waals surface area contributed by atoms with Crippen LogP contribution >= 0.6 is 0 Å². The highest BCUT2D eigenvalue weighted by atomic mass is 16.6. The average molecular weight is 265 g/mol. The number of aliphatic hydroxyl groups excluding tert-OH is 1. The number of aryl methyl sites for hydroxylation is 1. The molecule has 4 heteroatoms. The topological polar surface area (TPSA) is 58.6 Å². The number of amides is 1. The highest BCUT2D eigenvalue weighted by Crippen LogP contribution is 2.17. The summed E-state index contributed by atoms with van der Waals surface area (Å²) in [5.41, 5.74) is 1.36. The Morgan fingerprint density at radius 2 is 1.79 bits per heavy atom. The third kappa shape index (κ3) is 5.30. The summed E-state index contributed by atoms with van der Waals surface area (Å²) in [6.07, 6.45) is -1.28. The molecule has 0 heterocycles. The maximum absolute atomic E-state index is 11.6. The molecule has 2 N–H and O–H groups in total. The number of carbonyl (C=O) groups is 1. The molecule has 0 aliphatic heterocycles. The van der Waals surface area contributed by atoms with E-state index in [1.807, 2.05) is 31.2 Å². The van der Waals surface area contributed by atoms with Gasteiger partial charge in [0.2, 0.25) is 0 Å². The molecule has 19 heavy (non-hydrogen) atoms. The second kappa shape index (κ2) is 6.06. The van der Waals surface area contributed by atoms with Gasteiger partial charge in [0, 0.05) is 0 Å². The summed E-state index contributed by atoms with van der Waals surface area (Å²) in [5, 5.41) is 12.8. The summed E-state index contributed by atoms with van der Waals surface area (Å²) in [5.74, 6) is 0. The van der Waals surface area contributed by atoms with Crippen LogP contribution in [-0.4, -0.2) is 22.8 Å². The number of hydrogen-bond acceptors (Lipinski definition) is 3. The van der Waals surface area contributed by atoms with Crippen molar-refractivity contribution in [2.45, 2.75) is 52.4 Å². The van der Waals surface area contributed by atoms with Crippen molar-refractivity contribution < 1.29 is 14.6 Å². The van der Waals surface area contributed by atoms with Gasteiger partial charge in [-0.1, -0.05) is 29.8 Å². The molecule has 0 aliphatic carbocycles. The first-order chi connectivity index (χ1) is 8.69. The minimum Gasteiger partial charge on any atom is -0.444 e. The van der Waals surface area contributed by atoms with Gasteiger partial charge in [-0.15, -0.1) is 0 Å². The Labute approximate surface area is 114 Å². The zero-order valence-electron chi connectivity index (χ0n) is 12.2. The molecule has 1 aromatic carbocycles. The Morgan fingerprint density at radius 3 is 2.26 bits per heavy atom. The molecule has 1 aromatic rings. The smallest absolute Gasteiger partial charge is 0.407 e. The Morgan fingerprint density at radius 1 is 1.26 bits per heavy atom. The molecule has 0 aliphatic rings. The Balaban J connectivity index is 2.60. The van der Waals surface area contributed by atoms with Crippen LogP contribution in [0.2, 0.25) is 0 Å². The fourth-order valence-electron chi connectivity index (χ4n) is 1.62. The zero-order chi connectivity index (χ0) is 14.6. The maximum atomic E-state index is 11.6. The second-order valence-electron chi connectivity index (χ2n) is 5.79. The fraction of sp³-hybridized carbons (Fsp3) is 0.533. The lowest BCUT2D eigenvalue weighted by molar-refractivity contribution is 0.0436. The van der Waals surface area contributed by atoms with Crippen molar-refractivity contribution in [1.29, 1.82) is 0 Å². The van der Waals surface area contributed by atoms with Crippen LogP contribution in [0.1, 0.15) is 44.9 Å². The summed E-state index contributed by atoms with van der Waals surface area (Å²) in [6, 6.07) is 7.15. The number of aliphatic hydroxyl groups is 1. The molecule has 1 amide bonds. The first-order valence-corrected chi connectivity index (χ1v) is 6.43. The average Bonchev–Trinajstić information content (AvgIpc) is 2.26. The number of hydrogen-bond donors (Lipinski definition) is 2. The van der Waals surface area contributed by atoms with Gasteiger partial charge in [0.15, 0.2) is 0 Å². The molecule has 0 saturated carbocycles. The van der Waals surface area contributed by atoms with Crippen LogP contribution in [0.5, 0.6) is 0 Å². The fourth-order valence-corrected chi connectivity index (χ4v) is 1.62. The molecule has 0 spiro atoms. The van der Waals surface area contributed by atoms with E-state index in [2.05, 4.69) is 5.32 Å². The zero-order valence-corrected chi connectivity index (χ0v) is 12.2. The van der Waals surface area contributed by atoms with Crippen molar-refractivity contribution in [2.75, 3.05) is 0 Å². The molecule has 2 atom stereocenters. The lowest BCUT2D eigenvalue weighted by Crippen LogP contribution is -2.40. The van der Waals surface area contributed by atoms with E-state index in [0.29, 0.717) is 0 Å². The van der Waals surface area contributed by atoms with E-state index < -0.39 is 23.8 Å². The quantitative estimate of drug-likeness (QED) is 0.883. The Kier molecular flexibility index (Phi) is 4.95. The molecule has 106 valence electrons. The van der Waals surface area contributed by atoms with E-state index in [1.165, 1.54) is 0 Å². The third-order valence-electron chi connectivity index (χ3n) is 2.64. The van der Waals surface area contributed by atoms with Gasteiger partial charge in [0.25, 0.3) is 0 Å². The minimum absolute atomic E-state index is 0.419. The molecule has 4 nitrogen and oxygen atoms in total. The van der Waals surface area contributed by atoms with Crippen LogP contribution in [0.3, 0.4) is 0 Å². The Hall–Kier alpha value is -1.55. The minimum atomic E-state index is -0.756. The number of ether oxygens (including phenoxy) is 1. The number of carbonyl (C=O) groups excluding carboxylic acids is 1. The summed E-state index contributed by atoms with van der Waals surface area (Å²) in [4.78, 5) is 11.6. The lowest BCUT2D eigenvalue weighted by atomic mass is 10.0. The van der Waals surface area contributed by atoms with Crippen LogP contribution in [0.4, 0.5) is 4.79 Å². The van der Waals surface area contributed by atoms with Gasteiger partial charge in [-0.2, -0.15) is 0 Å². The summed E-state index contributed by atoms with van der Waals surface area (Å²) in [7, 11) is 0. The van der Waals surface area contributed by atoms with Crippen molar-refractivity contribution in [3.63, 3.8) is 0 Å². The highest BCUT2D eigenvalue weighted by Gasteiger charge is 2.22. The molecular formula is C15H23NO3. The van der Waals surface area contributed by atoms with Gasteiger partial charge < -0.3 is 15.2 Å². The van der Waals surface area contributed by atoms with Crippen LogP contribution in [-0.2, 0) is 4.74 Å². The standard InChI is InChI=1S/C15H23NO3/c1-10-6-8-12(9-7-10)13(17)11(2)16-14(18)19-15(3,4)5/h6-9,11,13,17H,1-5H3,(H,16,18). The van der Waals surface area contributed by atoms with Crippen LogP contribution in [0.25, 0.3) is 0 Å². The molecule has 0 bridgehead atoms. The highest BCUT2D eigenvalue weighted by molar-refractivity contribution is 5.68. The predicted octanol–water partition coefficient (Wildman–Crippen LogP) is 2.94. The number of nitrogens with one attached hydrogen (secondary N) is 1. The number of benzene rings is 1. The first-order valence-electron chi connectivity index (χ1n) is 6.43. The number of alkyl carbamates (subject to hydrolysis) is 1. The molecule has 0 radical (unpaired) electrons. The van der Waals surface area contributed by atoms with Crippen molar-refractivity contribution in [3.8, 4) is 0 Å². The van der Waals surface area contributed by atoms with Gasteiger partial charge >= 0.3 is 6.09 Å². The van der Waals surface area contributed by atoms with Crippen molar-refractivity contribution >= 4 is 6.09 Å². The lowest BCUT2D eigenvalue weighted by Gasteiger charge is -2.24. The van der Waals surface area contributed by atoms with Gasteiger partial charge in [-0.05, 0) is 40.2 Å². The monoisotopic (exact) mass is 265 g/mol. The Bertz CT molecular complexity index is 420. The third-order valence-corrected chi connectivity index (χ3v) is 2.64. The number of rotatable bonds is 3. The molecule has 0 fully saturated rings. The SMILES string of the molecule is Cc1ccc(C(O)C(C)NC(=O)OC(C)(C)C)cc1. The summed E-state index contributed by atoms with van der Waals surface area (Å²) >= 11 is 0. The van der Waals surface area contributed by atoms with Gasteiger partial charge in [0.05, 0.1) is 12.1 Å². The molecule has 0 aromatic heterocycles. The predicted molar refractivity (Wildman–Crippen MR) is 75.0 cm³/mol. The first kappa shape index (κ1) is 15.5. The molecule has 2 unspecified atom stereocenters. The van der Waals surface area contributed by atoms with E-state index in [0.717, 1.165) is 11.1 Å². The normalized spacial score (nSPS) is 14.6. The molecule has 1 rings (SSSR count). The van der Waals surface area contributed by atoms with E-state index in [1.54, 1.807) is 27.7 Å². The second-order valence-corrected chi connectivity index (χ2v) is 5.79. The van der Waals surface area contributed by atoms with Crippen LogP contribution < -0.4 is 5.32 Å². The van der Waals surface area contributed by atoms with Crippen molar-refractivity contribution in [1.82, 2.24) is 5.32 Å². The summed E-state index contributed by atoms with van der Waals surface area (Å²) < 4.78 is 5.15. The maximum Gasteiger partial charge on any atom is 0.407 e. The molecular weight excluding hydrogens is 242 g/mol. The van der Waals surface area contributed by atoms with E-state index >= 15 is 0 Å². The van der Waals surface area contributed by atoms with Gasteiger partial charge in [0.1, 0.15) is 5.60 Å². The van der Waals surface area contributed by atoms with E-state index in [4.69, 9.17) is 4.74 Å². The van der Waals surface area contributed by atoms with Crippen molar-refractivity contribution in [2.24, 2.45) is 0 Å². The van der Waals surface area contributed by atoms with E-state index in [-0.39, 0.29) is 0 Å². The van der Waals surface area contributed by atoms with E-state index in [9.17, 15) is 9.90 Å².